The van der Waals surface area contributed by atoms with E-state index in [9.17, 15) is 0 Å². The van der Waals surface area contributed by atoms with Crippen LogP contribution in [0.3, 0.4) is 0 Å². The molecule has 1 atom stereocenters. The molecule has 1 unspecified atom stereocenters. The van der Waals surface area contributed by atoms with Crippen LogP contribution in [0.2, 0.25) is 0 Å². The monoisotopic (exact) mass is 209 g/mol. The van der Waals surface area contributed by atoms with Gasteiger partial charge in [-0.15, -0.1) is 0 Å². The molecule has 0 spiro atoms. The highest BCUT2D eigenvalue weighted by molar-refractivity contribution is 7.99. The van der Waals surface area contributed by atoms with Gasteiger partial charge >= 0.3 is 0 Å². The van der Waals surface area contributed by atoms with Crippen molar-refractivity contribution in [3.05, 3.63) is 17.8 Å². The molecule has 1 aliphatic heterocycles. The van der Waals surface area contributed by atoms with Gasteiger partial charge in [-0.1, -0.05) is 0 Å². The second kappa shape index (κ2) is 4.09. The molecule has 0 amide bonds. The summed E-state index contributed by atoms with van der Waals surface area (Å²) < 4.78 is 0. The highest BCUT2D eigenvalue weighted by atomic mass is 32.2. The normalized spacial score (nSPS) is 21.1. The zero-order chi connectivity index (χ0) is 9.97. The third-order valence-electron chi connectivity index (χ3n) is 2.43. The summed E-state index contributed by atoms with van der Waals surface area (Å²) in [7, 11) is 0. The summed E-state index contributed by atoms with van der Waals surface area (Å²) in [6.07, 6.45) is 2.95. The molecule has 1 aliphatic rings. The smallest absolute Gasteiger partial charge is 0.126 e. The molecule has 76 valence electrons. The minimum absolute atomic E-state index is 0.579. The number of aromatic nitrogens is 1. The Kier molecular flexibility index (Phi) is 2.82. The molecule has 1 aromatic rings. The van der Waals surface area contributed by atoms with Crippen molar-refractivity contribution in [3.8, 4) is 0 Å². The lowest BCUT2D eigenvalue weighted by atomic mass is 10.2. The predicted octanol–water partition coefficient (Wildman–Crippen LogP) is 1.89. The van der Waals surface area contributed by atoms with Crippen molar-refractivity contribution in [3.63, 3.8) is 0 Å². The highest BCUT2D eigenvalue weighted by Gasteiger charge is 2.15. The lowest BCUT2D eigenvalue weighted by Gasteiger charge is -2.12. The summed E-state index contributed by atoms with van der Waals surface area (Å²) in [6, 6.07) is 2.59. The number of rotatable bonds is 2. The summed E-state index contributed by atoms with van der Waals surface area (Å²) in [4.78, 5) is 4.26. The molecule has 1 fully saturated rings. The van der Waals surface area contributed by atoms with Gasteiger partial charge in [0.05, 0.1) is 11.9 Å². The molecule has 4 heteroatoms. The summed E-state index contributed by atoms with van der Waals surface area (Å²) in [5.74, 6) is 3.39. The van der Waals surface area contributed by atoms with Gasteiger partial charge in [0.15, 0.2) is 0 Å². The molecule has 3 nitrogen and oxygen atoms in total. The zero-order valence-corrected chi connectivity index (χ0v) is 9.10. The van der Waals surface area contributed by atoms with Crippen LogP contribution in [0.25, 0.3) is 0 Å². The Morgan fingerprint density at radius 1 is 1.64 bits per heavy atom. The largest absolute Gasteiger partial charge is 0.397 e. The first-order valence-corrected chi connectivity index (χ1v) is 5.97. The number of nitrogen functional groups attached to an aromatic ring is 1. The number of nitrogens with one attached hydrogen (secondary N) is 1. The number of hydrogen-bond acceptors (Lipinski definition) is 4. The number of nitrogens with two attached hydrogens (primary N) is 1. The van der Waals surface area contributed by atoms with Crippen molar-refractivity contribution in [2.75, 3.05) is 22.6 Å². The van der Waals surface area contributed by atoms with Crippen molar-refractivity contribution >= 4 is 23.3 Å². The third kappa shape index (κ3) is 2.12. The average Bonchev–Trinajstić information content (AvgIpc) is 2.64. The van der Waals surface area contributed by atoms with Crippen LogP contribution in [-0.2, 0) is 0 Å². The Balaban J connectivity index is 2.05. The van der Waals surface area contributed by atoms with Crippen molar-refractivity contribution in [2.24, 2.45) is 0 Å². The summed E-state index contributed by atoms with van der Waals surface area (Å²) in [5.41, 5.74) is 7.55. The molecule has 1 aromatic heterocycles. The Labute approximate surface area is 88.5 Å². The fourth-order valence-electron chi connectivity index (χ4n) is 1.50. The van der Waals surface area contributed by atoms with E-state index in [1.807, 2.05) is 24.8 Å². The van der Waals surface area contributed by atoms with Gasteiger partial charge in [0.1, 0.15) is 5.82 Å². The van der Waals surface area contributed by atoms with Gasteiger partial charge in [-0.3, -0.25) is 0 Å². The van der Waals surface area contributed by atoms with Gasteiger partial charge in [-0.05, 0) is 30.7 Å². The van der Waals surface area contributed by atoms with Crippen LogP contribution < -0.4 is 11.1 Å². The summed E-state index contributed by atoms with van der Waals surface area (Å²) >= 11 is 1.99. The van der Waals surface area contributed by atoms with E-state index in [1.165, 1.54) is 17.9 Å². The lowest BCUT2D eigenvalue weighted by Crippen LogP contribution is -2.18. The lowest BCUT2D eigenvalue weighted by molar-refractivity contribution is 0.806. The van der Waals surface area contributed by atoms with Crippen LogP contribution >= 0.6 is 11.8 Å². The Hall–Kier alpha value is -0.900. The SMILES string of the molecule is Cc1cc(NC2CCSC2)ncc1N. The number of aryl methyl sites for hydroxylation is 1. The van der Waals surface area contributed by atoms with Crippen molar-refractivity contribution < 1.29 is 0 Å². The van der Waals surface area contributed by atoms with Crippen molar-refractivity contribution in [2.45, 2.75) is 19.4 Å². The standard InChI is InChI=1S/C10H15N3S/c1-7-4-10(12-5-9(7)11)13-8-2-3-14-6-8/h4-5,8H,2-3,6,11H2,1H3,(H,12,13). The first-order chi connectivity index (χ1) is 6.75. The number of anilines is 2. The fourth-order valence-corrected chi connectivity index (χ4v) is 2.66. The first-order valence-electron chi connectivity index (χ1n) is 4.82. The van der Waals surface area contributed by atoms with E-state index in [0.717, 1.165) is 17.1 Å². The van der Waals surface area contributed by atoms with Gasteiger partial charge in [0.2, 0.25) is 0 Å². The van der Waals surface area contributed by atoms with Crippen LogP contribution in [0.15, 0.2) is 12.3 Å². The Bertz CT molecular complexity index is 321. The second-order valence-corrected chi connectivity index (χ2v) is 4.78. The minimum atomic E-state index is 0.579. The zero-order valence-electron chi connectivity index (χ0n) is 8.29. The number of pyridine rings is 1. The Morgan fingerprint density at radius 2 is 2.50 bits per heavy atom. The molecule has 0 bridgehead atoms. The van der Waals surface area contributed by atoms with E-state index < -0.39 is 0 Å². The van der Waals surface area contributed by atoms with Crippen LogP contribution in [0, 0.1) is 6.92 Å². The van der Waals surface area contributed by atoms with E-state index in [-0.39, 0.29) is 0 Å². The fraction of sp³-hybridized carbons (Fsp3) is 0.500. The minimum Gasteiger partial charge on any atom is -0.397 e. The van der Waals surface area contributed by atoms with Gasteiger partial charge in [0.25, 0.3) is 0 Å². The van der Waals surface area contributed by atoms with Gasteiger partial charge in [-0.25, -0.2) is 4.98 Å². The molecule has 3 N–H and O–H groups in total. The second-order valence-electron chi connectivity index (χ2n) is 3.63. The molecule has 0 saturated carbocycles. The van der Waals surface area contributed by atoms with Crippen molar-refractivity contribution in [1.29, 1.82) is 0 Å². The quantitative estimate of drug-likeness (QED) is 0.781. The molecular weight excluding hydrogens is 194 g/mol. The van der Waals surface area contributed by atoms with Crippen LogP contribution in [-0.4, -0.2) is 22.5 Å². The number of nitrogens with zero attached hydrogens (tertiary/aromatic N) is 1. The molecule has 2 heterocycles. The molecule has 0 aliphatic carbocycles. The molecule has 14 heavy (non-hydrogen) atoms. The van der Waals surface area contributed by atoms with E-state index >= 15 is 0 Å². The maximum Gasteiger partial charge on any atom is 0.126 e. The number of hydrogen-bond donors (Lipinski definition) is 2. The Morgan fingerprint density at radius 3 is 3.14 bits per heavy atom. The van der Waals surface area contributed by atoms with Gasteiger partial charge in [-0.2, -0.15) is 11.8 Å². The van der Waals surface area contributed by atoms with Gasteiger partial charge in [0, 0.05) is 11.8 Å². The molecule has 0 radical (unpaired) electrons. The van der Waals surface area contributed by atoms with Crippen molar-refractivity contribution in [1.82, 2.24) is 4.98 Å². The number of thioether (sulfide) groups is 1. The maximum absolute atomic E-state index is 5.70. The molecule has 1 saturated heterocycles. The molecule has 0 aromatic carbocycles. The predicted molar refractivity (Wildman–Crippen MR) is 62.7 cm³/mol. The van der Waals surface area contributed by atoms with E-state index in [4.69, 9.17) is 5.73 Å². The van der Waals surface area contributed by atoms with E-state index in [1.54, 1.807) is 6.20 Å². The summed E-state index contributed by atoms with van der Waals surface area (Å²) in [6.45, 7) is 2.01. The van der Waals surface area contributed by atoms with E-state index in [2.05, 4.69) is 10.3 Å². The molecular formula is C10H15N3S. The van der Waals surface area contributed by atoms with E-state index in [0.29, 0.717) is 6.04 Å². The first kappa shape index (κ1) is 9.65. The van der Waals surface area contributed by atoms with Crippen LogP contribution in [0.5, 0.6) is 0 Å². The van der Waals surface area contributed by atoms with Crippen LogP contribution in [0.1, 0.15) is 12.0 Å². The summed E-state index contributed by atoms with van der Waals surface area (Å²) in [5, 5.41) is 3.42. The maximum atomic E-state index is 5.70. The topological polar surface area (TPSA) is 50.9 Å². The third-order valence-corrected chi connectivity index (χ3v) is 3.60. The average molecular weight is 209 g/mol. The van der Waals surface area contributed by atoms with Gasteiger partial charge < -0.3 is 11.1 Å². The highest BCUT2D eigenvalue weighted by Crippen LogP contribution is 2.21. The molecule has 2 rings (SSSR count). The van der Waals surface area contributed by atoms with Crippen LogP contribution in [0.4, 0.5) is 11.5 Å².